The van der Waals surface area contributed by atoms with E-state index in [9.17, 15) is 0 Å². The molecule has 3 heteroatoms. The minimum Gasteiger partial charge on any atom is -0.306 e. The van der Waals surface area contributed by atoms with Gasteiger partial charge in [0, 0.05) is 38.8 Å². The molecule has 0 aromatic rings. The van der Waals surface area contributed by atoms with Crippen LogP contribution in [0.4, 0.5) is 0 Å². The Hall–Kier alpha value is -0.120. The molecule has 19 heavy (non-hydrogen) atoms. The molecule has 0 radical (unpaired) electrons. The second kappa shape index (κ2) is 5.71. The molecule has 0 aromatic carbocycles. The molecule has 3 nitrogen and oxygen atoms in total. The zero-order chi connectivity index (χ0) is 13.4. The molecule has 0 saturated carbocycles. The van der Waals surface area contributed by atoms with Crippen molar-refractivity contribution in [1.29, 1.82) is 0 Å². The van der Waals surface area contributed by atoms with Crippen molar-refractivity contribution in [3.8, 4) is 0 Å². The van der Waals surface area contributed by atoms with E-state index in [1.165, 1.54) is 58.7 Å². The first-order chi connectivity index (χ1) is 9.11. The summed E-state index contributed by atoms with van der Waals surface area (Å²) in [6.07, 6.45) is 2.83. The Labute approximate surface area is 118 Å². The van der Waals surface area contributed by atoms with Crippen LogP contribution in [0, 0.1) is 17.8 Å². The van der Waals surface area contributed by atoms with Crippen molar-refractivity contribution < 1.29 is 0 Å². The van der Waals surface area contributed by atoms with E-state index in [4.69, 9.17) is 0 Å². The number of likely N-dealkylation sites (tertiary alicyclic amines) is 3. The lowest BCUT2D eigenvalue weighted by Crippen LogP contribution is -2.38. The molecule has 0 aliphatic carbocycles. The average molecular weight is 265 g/mol. The molecule has 0 bridgehead atoms. The summed E-state index contributed by atoms with van der Waals surface area (Å²) in [6.45, 7) is 14.1. The number of nitrogens with zero attached hydrogens (tertiary/aromatic N) is 3. The fraction of sp³-hybridized carbons (Fsp3) is 1.00. The molecule has 3 saturated heterocycles. The molecule has 0 aromatic heterocycles. The van der Waals surface area contributed by atoms with Crippen LogP contribution in [-0.4, -0.2) is 73.6 Å². The first kappa shape index (κ1) is 13.8. The highest BCUT2D eigenvalue weighted by molar-refractivity contribution is 4.94. The number of hydrogen-bond donors (Lipinski definition) is 0. The Morgan fingerprint density at radius 3 is 2.05 bits per heavy atom. The van der Waals surface area contributed by atoms with Crippen LogP contribution in [0.25, 0.3) is 0 Å². The second-order valence-electron chi connectivity index (χ2n) is 7.53. The zero-order valence-corrected chi connectivity index (χ0v) is 13.0. The maximum Gasteiger partial charge on any atom is 0.00388 e. The molecule has 3 aliphatic heterocycles. The van der Waals surface area contributed by atoms with E-state index in [1.807, 2.05) is 0 Å². The fourth-order valence-electron chi connectivity index (χ4n) is 4.31. The molecular formula is C16H31N3. The third kappa shape index (κ3) is 3.14. The largest absolute Gasteiger partial charge is 0.306 e. The van der Waals surface area contributed by atoms with Gasteiger partial charge in [0.25, 0.3) is 0 Å². The lowest BCUT2D eigenvalue weighted by molar-refractivity contribution is 0.161. The van der Waals surface area contributed by atoms with Crippen molar-refractivity contribution in [3.05, 3.63) is 0 Å². The van der Waals surface area contributed by atoms with E-state index >= 15 is 0 Å². The molecule has 3 rings (SSSR count). The highest BCUT2D eigenvalue weighted by Gasteiger charge is 2.40. The lowest BCUT2D eigenvalue weighted by Gasteiger charge is -2.32. The molecule has 0 N–H and O–H groups in total. The van der Waals surface area contributed by atoms with Gasteiger partial charge in [-0.25, -0.2) is 0 Å². The Morgan fingerprint density at radius 1 is 0.947 bits per heavy atom. The van der Waals surface area contributed by atoms with E-state index in [-0.39, 0.29) is 0 Å². The molecule has 0 amide bonds. The van der Waals surface area contributed by atoms with Crippen LogP contribution in [0.15, 0.2) is 0 Å². The van der Waals surface area contributed by atoms with Crippen molar-refractivity contribution in [1.82, 2.24) is 14.7 Å². The van der Waals surface area contributed by atoms with Crippen molar-refractivity contribution >= 4 is 0 Å². The van der Waals surface area contributed by atoms with E-state index in [0.29, 0.717) is 0 Å². The van der Waals surface area contributed by atoms with Crippen molar-refractivity contribution in [2.45, 2.75) is 32.7 Å². The molecule has 3 heterocycles. The van der Waals surface area contributed by atoms with Crippen LogP contribution in [0.2, 0.25) is 0 Å². The Balaban J connectivity index is 1.44. The summed E-state index contributed by atoms with van der Waals surface area (Å²) in [6, 6.07) is 0.743. The van der Waals surface area contributed by atoms with Crippen LogP contribution in [-0.2, 0) is 0 Å². The Morgan fingerprint density at radius 2 is 1.53 bits per heavy atom. The fourth-order valence-corrected chi connectivity index (χ4v) is 4.31. The Bertz CT molecular complexity index is 282. The summed E-state index contributed by atoms with van der Waals surface area (Å²) in [4.78, 5) is 7.95. The molecule has 2 atom stereocenters. The van der Waals surface area contributed by atoms with Crippen molar-refractivity contribution in [2.75, 3.05) is 52.9 Å². The van der Waals surface area contributed by atoms with Crippen LogP contribution in [0.5, 0.6) is 0 Å². The molecule has 110 valence electrons. The van der Waals surface area contributed by atoms with Gasteiger partial charge in [-0.2, -0.15) is 0 Å². The third-order valence-corrected chi connectivity index (χ3v) is 5.67. The van der Waals surface area contributed by atoms with Gasteiger partial charge in [0.1, 0.15) is 0 Å². The van der Waals surface area contributed by atoms with Gasteiger partial charge in [0.15, 0.2) is 0 Å². The molecule has 2 unspecified atom stereocenters. The van der Waals surface area contributed by atoms with Gasteiger partial charge >= 0.3 is 0 Å². The maximum atomic E-state index is 2.78. The summed E-state index contributed by atoms with van der Waals surface area (Å²) in [5.41, 5.74) is 0. The van der Waals surface area contributed by atoms with Crippen LogP contribution < -0.4 is 0 Å². The summed E-state index contributed by atoms with van der Waals surface area (Å²) >= 11 is 0. The summed E-state index contributed by atoms with van der Waals surface area (Å²) in [5, 5.41) is 0. The number of piperidine rings is 1. The predicted molar refractivity (Wildman–Crippen MR) is 80.4 cm³/mol. The topological polar surface area (TPSA) is 9.72 Å². The summed E-state index contributed by atoms with van der Waals surface area (Å²) in [7, 11) is 2.26. The number of hydrogen-bond acceptors (Lipinski definition) is 3. The minimum atomic E-state index is 0.743. The highest BCUT2D eigenvalue weighted by atomic mass is 15.2. The Kier molecular flexibility index (Phi) is 4.16. The number of fused-ring (bicyclic) bond motifs is 1. The summed E-state index contributed by atoms with van der Waals surface area (Å²) in [5.74, 6) is 2.90. The second-order valence-corrected chi connectivity index (χ2v) is 7.53. The van der Waals surface area contributed by atoms with Crippen molar-refractivity contribution in [2.24, 2.45) is 17.8 Å². The highest BCUT2D eigenvalue weighted by Crippen LogP contribution is 2.33. The van der Waals surface area contributed by atoms with Gasteiger partial charge in [0.05, 0.1) is 0 Å². The van der Waals surface area contributed by atoms with Crippen molar-refractivity contribution in [3.63, 3.8) is 0 Å². The third-order valence-electron chi connectivity index (χ3n) is 5.67. The van der Waals surface area contributed by atoms with Gasteiger partial charge in [-0.05, 0) is 64.6 Å². The quantitative estimate of drug-likeness (QED) is 0.767. The number of rotatable bonds is 3. The van der Waals surface area contributed by atoms with Gasteiger partial charge in [-0.3, -0.25) is 0 Å². The van der Waals surface area contributed by atoms with Gasteiger partial charge in [-0.15, -0.1) is 0 Å². The van der Waals surface area contributed by atoms with E-state index in [1.54, 1.807) is 0 Å². The van der Waals surface area contributed by atoms with E-state index < -0.39 is 0 Å². The smallest absolute Gasteiger partial charge is 0.00388 e. The minimum absolute atomic E-state index is 0.743. The van der Waals surface area contributed by atoms with E-state index in [2.05, 4.69) is 35.6 Å². The molecule has 0 spiro atoms. The van der Waals surface area contributed by atoms with E-state index in [0.717, 1.165) is 23.8 Å². The predicted octanol–water partition coefficient (Wildman–Crippen LogP) is 1.60. The zero-order valence-electron chi connectivity index (χ0n) is 13.0. The van der Waals surface area contributed by atoms with Crippen LogP contribution in [0.3, 0.4) is 0 Å². The van der Waals surface area contributed by atoms with Crippen LogP contribution in [0.1, 0.15) is 26.7 Å². The molecule has 3 fully saturated rings. The van der Waals surface area contributed by atoms with Crippen LogP contribution >= 0.6 is 0 Å². The van der Waals surface area contributed by atoms with Gasteiger partial charge in [0.2, 0.25) is 0 Å². The molecular weight excluding hydrogens is 234 g/mol. The average Bonchev–Trinajstić information content (AvgIpc) is 2.90. The lowest BCUT2D eigenvalue weighted by atomic mass is 9.96. The maximum absolute atomic E-state index is 2.78. The van der Waals surface area contributed by atoms with Gasteiger partial charge in [-0.1, -0.05) is 0 Å². The standard InChI is InChI=1S/C16H31N3/c1-13(2)19-11-15-9-18(10-16(15)12-19)8-14-4-6-17(3)7-5-14/h13-16H,4-12H2,1-3H3. The van der Waals surface area contributed by atoms with Gasteiger partial charge < -0.3 is 14.7 Å². The normalized spacial score (nSPS) is 35.4. The molecule has 3 aliphatic rings. The SMILES string of the molecule is CC(C)N1CC2CN(CC3CCN(C)CC3)CC2C1. The monoisotopic (exact) mass is 265 g/mol. The summed E-state index contributed by atoms with van der Waals surface area (Å²) < 4.78 is 0. The first-order valence-electron chi connectivity index (χ1n) is 8.26. The first-order valence-corrected chi connectivity index (χ1v) is 8.26.